The average Bonchev–Trinajstić information content (AvgIpc) is 3.07. The highest BCUT2D eigenvalue weighted by atomic mass is 35.5. The summed E-state index contributed by atoms with van der Waals surface area (Å²) in [5.74, 6) is -1.23. The van der Waals surface area contributed by atoms with Crippen LogP contribution in [0.3, 0.4) is 0 Å². The Bertz CT molecular complexity index is 1520. The van der Waals surface area contributed by atoms with Gasteiger partial charge in [-0.1, -0.05) is 24.6 Å². The Morgan fingerprint density at radius 3 is 2.38 bits per heavy atom. The number of nitrogens with zero attached hydrogens (tertiary/aromatic N) is 3. The number of aryl methyl sites for hydroxylation is 2. The van der Waals surface area contributed by atoms with Gasteiger partial charge in [0.1, 0.15) is 10.8 Å². The number of carbonyl (C=O) groups is 1. The molecule has 3 aromatic rings. The predicted molar refractivity (Wildman–Crippen MR) is 157 cm³/mol. The normalized spacial score (nSPS) is 16.7. The van der Waals surface area contributed by atoms with Crippen LogP contribution < -0.4 is 5.56 Å². The molecule has 1 aromatic carbocycles. The van der Waals surface area contributed by atoms with Gasteiger partial charge in [-0.2, -0.15) is 0 Å². The zero-order valence-corrected chi connectivity index (χ0v) is 25.3. The minimum atomic E-state index is -0.669. The second-order valence-electron chi connectivity index (χ2n) is 11.7. The van der Waals surface area contributed by atoms with Crippen LogP contribution in [0.15, 0.2) is 41.3 Å². The van der Waals surface area contributed by atoms with E-state index in [1.807, 2.05) is 54.5 Å². The first-order valence-electron chi connectivity index (χ1n) is 13.3. The minimum absolute atomic E-state index is 0.0526. The topological polar surface area (TPSA) is 73.7 Å². The fourth-order valence-electron chi connectivity index (χ4n) is 4.91. The molecule has 40 heavy (non-hydrogen) atoms. The molecule has 3 heterocycles. The van der Waals surface area contributed by atoms with E-state index in [4.69, 9.17) is 20.9 Å². The summed E-state index contributed by atoms with van der Waals surface area (Å²) in [5.41, 5.74) is 1.76. The SMILES string of the molecule is Cc1cnc(-c2cccc(C(=O)N(C)C)c2F)cc1-n1c(C)cc([C@H](C)CB2OC(C)(C)C(C)(C)O2)c(Cl)c1=O. The first kappa shape index (κ1) is 30.0. The van der Waals surface area contributed by atoms with Gasteiger partial charge in [0, 0.05) is 31.5 Å². The summed E-state index contributed by atoms with van der Waals surface area (Å²) in [7, 11) is 2.71. The van der Waals surface area contributed by atoms with Crippen molar-refractivity contribution in [1.82, 2.24) is 14.5 Å². The summed E-state index contributed by atoms with van der Waals surface area (Å²) >= 11 is 6.70. The largest absolute Gasteiger partial charge is 0.458 e. The number of carbonyl (C=O) groups excluding carboxylic acids is 1. The lowest BCUT2D eigenvalue weighted by Gasteiger charge is -2.32. The minimum Gasteiger partial charge on any atom is -0.403 e. The zero-order valence-electron chi connectivity index (χ0n) is 24.6. The number of halogens is 2. The van der Waals surface area contributed by atoms with Gasteiger partial charge in [-0.05, 0) is 89.2 Å². The van der Waals surface area contributed by atoms with E-state index in [1.165, 1.54) is 15.5 Å². The van der Waals surface area contributed by atoms with Gasteiger partial charge < -0.3 is 14.2 Å². The van der Waals surface area contributed by atoms with Crippen molar-refractivity contribution in [2.75, 3.05) is 14.1 Å². The lowest BCUT2D eigenvalue weighted by atomic mass is 9.75. The van der Waals surface area contributed by atoms with Crippen molar-refractivity contribution >= 4 is 24.6 Å². The number of amides is 1. The smallest absolute Gasteiger partial charge is 0.403 e. The molecule has 1 aliphatic heterocycles. The number of pyridine rings is 2. The van der Waals surface area contributed by atoms with Gasteiger partial charge in [-0.3, -0.25) is 19.1 Å². The van der Waals surface area contributed by atoms with E-state index < -0.39 is 30.0 Å². The highest BCUT2D eigenvalue weighted by molar-refractivity contribution is 6.45. The highest BCUT2D eigenvalue weighted by Crippen LogP contribution is 2.40. The molecule has 0 unspecified atom stereocenters. The molecule has 0 bridgehead atoms. The maximum atomic E-state index is 15.4. The van der Waals surface area contributed by atoms with Crippen molar-refractivity contribution in [3.05, 3.63) is 80.1 Å². The average molecular weight is 568 g/mol. The van der Waals surface area contributed by atoms with E-state index in [9.17, 15) is 9.59 Å². The molecule has 1 atom stereocenters. The predicted octanol–water partition coefficient (Wildman–Crippen LogP) is 6.21. The molecule has 1 aliphatic rings. The van der Waals surface area contributed by atoms with Gasteiger partial charge in [0.2, 0.25) is 0 Å². The van der Waals surface area contributed by atoms with Crippen molar-refractivity contribution in [3.63, 3.8) is 0 Å². The molecule has 1 fully saturated rings. The number of hydrogen-bond donors (Lipinski definition) is 0. The zero-order chi connectivity index (χ0) is 29.7. The molecule has 2 aromatic heterocycles. The number of rotatable bonds is 6. The Hall–Kier alpha value is -3.01. The van der Waals surface area contributed by atoms with Crippen LogP contribution in [0, 0.1) is 19.7 Å². The van der Waals surface area contributed by atoms with Crippen LogP contribution in [0.4, 0.5) is 4.39 Å². The Labute approximate surface area is 240 Å². The van der Waals surface area contributed by atoms with Crippen molar-refractivity contribution in [2.45, 2.75) is 71.9 Å². The van der Waals surface area contributed by atoms with Crippen LogP contribution in [-0.2, 0) is 9.31 Å². The Balaban J connectivity index is 1.72. The number of hydrogen-bond acceptors (Lipinski definition) is 5. The fraction of sp³-hybridized carbons (Fsp3) is 0.433. The molecule has 1 saturated heterocycles. The standard InChI is InChI=1S/C30H36BClFN3O4/c1-17(15-31-39-29(4,5)30(6,7)40-31)22-13-19(3)36(28(38)25(22)32)24-14-23(34-16-18(24)2)20-11-10-12-21(26(20)33)27(37)35(8)9/h10-14,16-17H,15H2,1-9H3/t17-/m1/s1. The van der Waals surface area contributed by atoms with Crippen molar-refractivity contribution in [3.8, 4) is 16.9 Å². The molecule has 0 spiro atoms. The van der Waals surface area contributed by atoms with Gasteiger partial charge in [0.15, 0.2) is 0 Å². The quantitative estimate of drug-likeness (QED) is 0.331. The molecule has 1 amide bonds. The summed E-state index contributed by atoms with van der Waals surface area (Å²) in [5, 5.41) is 0.108. The van der Waals surface area contributed by atoms with Crippen LogP contribution in [0.25, 0.3) is 16.9 Å². The highest BCUT2D eigenvalue weighted by Gasteiger charge is 2.51. The van der Waals surface area contributed by atoms with Crippen LogP contribution >= 0.6 is 11.6 Å². The lowest BCUT2D eigenvalue weighted by molar-refractivity contribution is 0.00578. The van der Waals surface area contributed by atoms with Crippen molar-refractivity contribution < 1.29 is 18.5 Å². The summed E-state index contributed by atoms with van der Waals surface area (Å²) in [6.07, 6.45) is 2.12. The van der Waals surface area contributed by atoms with E-state index in [-0.39, 0.29) is 27.6 Å². The van der Waals surface area contributed by atoms with Gasteiger partial charge in [-0.25, -0.2) is 4.39 Å². The van der Waals surface area contributed by atoms with E-state index >= 15 is 4.39 Å². The van der Waals surface area contributed by atoms with Crippen LogP contribution in [0.1, 0.15) is 67.7 Å². The fourth-order valence-corrected chi connectivity index (χ4v) is 5.23. The third kappa shape index (κ3) is 5.34. The Morgan fingerprint density at radius 2 is 1.77 bits per heavy atom. The van der Waals surface area contributed by atoms with E-state index in [0.29, 0.717) is 34.5 Å². The summed E-state index contributed by atoms with van der Waals surface area (Å²) in [6, 6.07) is 8.16. The molecule has 7 nitrogen and oxygen atoms in total. The monoisotopic (exact) mass is 567 g/mol. The maximum absolute atomic E-state index is 15.4. The Morgan fingerprint density at radius 1 is 1.15 bits per heavy atom. The van der Waals surface area contributed by atoms with E-state index in [0.717, 1.165) is 0 Å². The molecule has 0 aliphatic carbocycles. The molecule has 10 heteroatoms. The van der Waals surface area contributed by atoms with Crippen LogP contribution in [-0.4, -0.2) is 52.8 Å². The third-order valence-electron chi connectivity index (χ3n) is 7.97. The van der Waals surface area contributed by atoms with Gasteiger partial charge in [0.05, 0.1) is 28.1 Å². The first-order valence-corrected chi connectivity index (χ1v) is 13.7. The second kappa shape index (κ2) is 10.8. The summed E-state index contributed by atoms with van der Waals surface area (Å²) < 4.78 is 29.3. The molecule has 0 N–H and O–H groups in total. The summed E-state index contributed by atoms with van der Waals surface area (Å²) in [4.78, 5) is 31.9. The van der Waals surface area contributed by atoms with E-state index in [1.54, 1.807) is 38.5 Å². The summed E-state index contributed by atoms with van der Waals surface area (Å²) in [6.45, 7) is 13.7. The lowest BCUT2D eigenvalue weighted by Crippen LogP contribution is -2.41. The van der Waals surface area contributed by atoms with Gasteiger partial charge >= 0.3 is 7.12 Å². The molecular weight excluding hydrogens is 532 g/mol. The molecule has 4 rings (SSSR count). The second-order valence-corrected chi connectivity index (χ2v) is 12.1. The first-order chi connectivity index (χ1) is 18.6. The van der Waals surface area contributed by atoms with Crippen LogP contribution in [0.2, 0.25) is 11.3 Å². The van der Waals surface area contributed by atoms with E-state index in [2.05, 4.69) is 4.98 Å². The molecule has 0 saturated carbocycles. The van der Waals surface area contributed by atoms with Crippen molar-refractivity contribution in [1.29, 1.82) is 0 Å². The number of benzene rings is 1. The molecule has 0 radical (unpaired) electrons. The van der Waals surface area contributed by atoms with Gasteiger partial charge in [0.25, 0.3) is 11.5 Å². The van der Waals surface area contributed by atoms with Gasteiger partial charge in [-0.15, -0.1) is 0 Å². The Kier molecular flexibility index (Phi) is 8.06. The third-order valence-corrected chi connectivity index (χ3v) is 8.35. The molecular formula is C30H36BClFN3O4. The molecule has 212 valence electrons. The maximum Gasteiger partial charge on any atom is 0.458 e. The number of aromatic nitrogens is 2. The van der Waals surface area contributed by atoms with Crippen molar-refractivity contribution in [2.24, 2.45) is 0 Å². The van der Waals surface area contributed by atoms with Crippen LogP contribution in [0.5, 0.6) is 0 Å².